The number of nitrogens with zero attached hydrogens (tertiary/aromatic N) is 2. The number of rotatable bonds is 3. The second-order valence-corrected chi connectivity index (χ2v) is 5.04. The van der Waals surface area contributed by atoms with Crippen molar-refractivity contribution in [1.29, 1.82) is 0 Å². The topological polar surface area (TPSA) is 47.6 Å². The summed E-state index contributed by atoms with van der Waals surface area (Å²) >= 11 is 0. The highest BCUT2D eigenvalue weighted by atomic mass is 16.5. The number of ether oxygens (including phenoxy) is 1. The van der Waals surface area contributed by atoms with Crippen LogP contribution in [0.25, 0.3) is 0 Å². The minimum Gasteiger partial charge on any atom is -0.463 e. The second-order valence-electron chi connectivity index (χ2n) is 5.04. The van der Waals surface area contributed by atoms with Gasteiger partial charge in [0.2, 0.25) is 5.76 Å². The number of carbonyl (C=O) groups excluding carboxylic acids is 1. The van der Waals surface area contributed by atoms with E-state index in [2.05, 4.69) is 34.7 Å². The van der Waals surface area contributed by atoms with E-state index in [-0.39, 0.29) is 0 Å². The van der Waals surface area contributed by atoms with Crippen molar-refractivity contribution in [2.45, 2.75) is 26.1 Å². The average Bonchev–Trinajstić information content (AvgIpc) is 3.10. The number of fused-ring (bicyclic) bond motifs is 1. The molecule has 5 heteroatoms. The smallest absolute Gasteiger partial charge is 0.374 e. The molecule has 3 heterocycles. The molecule has 0 saturated heterocycles. The van der Waals surface area contributed by atoms with Gasteiger partial charge in [0.15, 0.2) is 0 Å². The van der Waals surface area contributed by atoms with E-state index in [0.29, 0.717) is 18.3 Å². The molecule has 1 aliphatic heterocycles. The molecular weight excluding hydrogens is 256 g/mol. The van der Waals surface area contributed by atoms with Crippen LogP contribution < -0.4 is 0 Å². The molecule has 0 fully saturated rings. The number of furan rings is 1. The van der Waals surface area contributed by atoms with Gasteiger partial charge in [0.25, 0.3) is 0 Å². The van der Waals surface area contributed by atoms with Crippen molar-refractivity contribution in [3.05, 3.63) is 47.7 Å². The first-order chi connectivity index (χ1) is 9.70. The standard InChI is InChI=1S/C15H18N2O3/c1-11-13-4-3-6-16(13)7-8-17(11)10-12-5-9-20-14(12)15(18)19-2/h3-6,9,11H,7-8,10H2,1-2H3/t11-/m0/s1. The Labute approximate surface area is 117 Å². The minimum atomic E-state index is -0.418. The Morgan fingerprint density at radius 1 is 1.45 bits per heavy atom. The van der Waals surface area contributed by atoms with E-state index < -0.39 is 5.97 Å². The lowest BCUT2D eigenvalue weighted by atomic mass is 10.1. The zero-order valence-electron chi connectivity index (χ0n) is 11.7. The summed E-state index contributed by atoms with van der Waals surface area (Å²) in [4.78, 5) is 14.0. The summed E-state index contributed by atoms with van der Waals surface area (Å²) in [6.07, 6.45) is 3.65. The molecule has 0 aliphatic carbocycles. The predicted molar refractivity (Wildman–Crippen MR) is 73.3 cm³/mol. The van der Waals surface area contributed by atoms with Crippen molar-refractivity contribution in [3.63, 3.8) is 0 Å². The van der Waals surface area contributed by atoms with Crippen LogP contribution in [0.2, 0.25) is 0 Å². The summed E-state index contributed by atoms with van der Waals surface area (Å²) in [6.45, 7) is 4.79. The van der Waals surface area contributed by atoms with Gasteiger partial charge < -0.3 is 13.7 Å². The first-order valence-corrected chi connectivity index (χ1v) is 6.74. The molecule has 0 aromatic carbocycles. The van der Waals surface area contributed by atoms with Crippen LogP contribution in [-0.2, 0) is 17.8 Å². The highest BCUT2D eigenvalue weighted by molar-refractivity contribution is 5.87. The lowest BCUT2D eigenvalue weighted by Crippen LogP contribution is -2.36. The van der Waals surface area contributed by atoms with Crippen molar-refractivity contribution in [3.8, 4) is 0 Å². The summed E-state index contributed by atoms with van der Waals surface area (Å²) in [5, 5.41) is 0. The first kappa shape index (κ1) is 13.0. The molecule has 0 spiro atoms. The molecule has 2 aromatic heterocycles. The van der Waals surface area contributed by atoms with Crippen LogP contribution in [0.1, 0.15) is 34.8 Å². The van der Waals surface area contributed by atoms with Crippen LogP contribution in [-0.4, -0.2) is 29.1 Å². The van der Waals surface area contributed by atoms with Gasteiger partial charge in [-0.15, -0.1) is 0 Å². The van der Waals surface area contributed by atoms with Crippen LogP contribution in [0, 0.1) is 0 Å². The molecule has 0 amide bonds. The Morgan fingerprint density at radius 2 is 2.30 bits per heavy atom. The van der Waals surface area contributed by atoms with Crippen molar-refractivity contribution in [1.82, 2.24) is 9.47 Å². The molecule has 5 nitrogen and oxygen atoms in total. The van der Waals surface area contributed by atoms with E-state index in [1.54, 1.807) is 6.26 Å². The lowest BCUT2D eigenvalue weighted by Gasteiger charge is -2.34. The fraction of sp³-hybridized carbons (Fsp3) is 0.400. The van der Waals surface area contributed by atoms with Crippen LogP contribution in [0.15, 0.2) is 35.1 Å². The number of carbonyl (C=O) groups is 1. The third kappa shape index (κ3) is 2.14. The van der Waals surface area contributed by atoms with E-state index in [1.807, 2.05) is 6.07 Å². The van der Waals surface area contributed by atoms with E-state index in [4.69, 9.17) is 9.15 Å². The van der Waals surface area contributed by atoms with Gasteiger partial charge in [-0.25, -0.2) is 4.79 Å². The van der Waals surface area contributed by atoms with E-state index in [1.165, 1.54) is 12.8 Å². The van der Waals surface area contributed by atoms with Gasteiger partial charge in [0.1, 0.15) is 0 Å². The van der Waals surface area contributed by atoms with Crippen molar-refractivity contribution < 1.29 is 13.9 Å². The number of esters is 1. The van der Waals surface area contributed by atoms with E-state index in [0.717, 1.165) is 18.7 Å². The maximum absolute atomic E-state index is 11.6. The molecule has 0 radical (unpaired) electrons. The maximum atomic E-state index is 11.6. The number of methoxy groups -OCH3 is 1. The van der Waals surface area contributed by atoms with Crippen LogP contribution >= 0.6 is 0 Å². The third-order valence-electron chi connectivity index (χ3n) is 3.96. The minimum absolute atomic E-state index is 0.306. The Morgan fingerprint density at radius 3 is 3.10 bits per heavy atom. The summed E-state index contributed by atoms with van der Waals surface area (Å²) in [5.74, 6) is -0.112. The molecule has 0 saturated carbocycles. The lowest BCUT2D eigenvalue weighted by molar-refractivity contribution is 0.0560. The normalized spacial score (nSPS) is 18.8. The quantitative estimate of drug-likeness (QED) is 0.807. The molecule has 3 rings (SSSR count). The Balaban J connectivity index is 1.80. The third-order valence-corrected chi connectivity index (χ3v) is 3.96. The van der Waals surface area contributed by atoms with Crippen molar-refractivity contribution >= 4 is 5.97 Å². The highest BCUT2D eigenvalue weighted by Crippen LogP contribution is 2.27. The van der Waals surface area contributed by atoms with Gasteiger partial charge >= 0.3 is 5.97 Å². The Kier molecular flexibility index (Phi) is 3.36. The summed E-state index contributed by atoms with van der Waals surface area (Å²) in [7, 11) is 1.37. The van der Waals surface area contributed by atoms with Crippen LogP contribution in [0.4, 0.5) is 0 Å². The monoisotopic (exact) mass is 274 g/mol. The zero-order chi connectivity index (χ0) is 14.1. The molecule has 0 bridgehead atoms. The van der Waals surface area contributed by atoms with E-state index >= 15 is 0 Å². The molecule has 0 N–H and O–H groups in total. The fourth-order valence-electron chi connectivity index (χ4n) is 2.79. The number of hydrogen-bond acceptors (Lipinski definition) is 4. The van der Waals surface area contributed by atoms with Crippen LogP contribution in [0.5, 0.6) is 0 Å². The van der Waals surface area contributed by atoms with Crippen LogP contribution in [0.3, 0.4) is 0 Å². The van der Waals surface area contributed by atoms with Gasteiger partial charge in [0.05, 0.1) is 13.4 Å². The van der Waals surface area contributed by atoms with Gasteiger partial charge in [-0.2, -0.15) is 0 Å². The molecule has 2 aromatic rings. The summed E-state index contributed by atoms with van der Waals surface area (Å²) in [6, 6.07) is 6.38. The number of aromatic nitrogens is 1. The van der Waals surface area contributed by atoms with E-state index in [9.17, 15) is 4.79 Å². The molecule has 1 atom stereocenters. The Hall–Kier alpha value is -2.01. The highest BCUT2D eigenvalue weighted by Gasteiger charge is 2.26. The van der Waals surface area contributed by atoms with Crippen molar-refractivity contribution in [2.75, 3.05) is 13.7 Å². The average molecular weight is 274 g/mol. The van der Waals surface area contributed by atoms with Gasteiger partial charge in [-0.3, -0.25) is 4.90 Å². The molecular formula is C15H18N2O3. The van der Waals surface area contributed by atoms with Gasteiger partial charge in [-0.1, -0.05) is 0 Å². The second kappa shape index (κ2) is 5.17. The molecule has 106 valence electrons. The fourth-order valence-corrected chi connectivity index (χ4v) is 2.79. The van der Waals surface area contributed by atoms with Crippen molar-refractivity contribution in [2.24, 2.45) is 0 Å². The summed E-state index contributed by atoms with van der Waals surface area (Å²) < 4.78 is 12.3. The largest absolute Gasteiger partial charge is 0.463 e. The maximum Gasteiger partial charge on any atom is 0.374 e. The molecule has 0 unspecified atom stereocenters. The Bertz CT molecular complexity index is 614. The van der Waals surface area contributed by atoms with Gasteiger partial charge in [0, 0.05) is 43.1 Å². The van der Waals surface area contributed by atoms with Gasteiger partial charge in [-0.05, 0) is 25.1 Å². The zero-order valence-corrected chi connectivity index (χ0v) is 11.7. The number of hydrogen-bond donors (Lipinski definition) is 0. The summed E-state index contributed by atoms with van der Waals surface area (Å²) in [5.41, 5.74) is 2.18. The molecule has 20 heavy (non-hydrogen) atoms. The molecule has 1 aliphatic rings. The first-order valence-electron chi connectivity index (χ1n) is 6.74. The predicted octanol–water partition coefficient (Wildman–Crippen LogP) is 2.44. The SMILES string of the molecule is COC(=O)c1occc1CN1CCn2cccc2[C@@H]1C.